The Hall–Kier alpha value is -1.90. The van der Waals surface area contributed by atoms with E-state index in [2.05, 4.69) is 4.98 Å². The molecule has 0 unspecified atom stereocenters. The van der Waals surface area contributed by atoms with Crippen LogP contribution in [0.3, 0.4) is 0 Å². The lowest BCUT2D eigenvalue weighted by atomic mass is 10.1. The molecule has 14 heavy (non-hydrogen) atoms. The highest BCUT2D eigenvalue weighted by Crippen LogP contribution is 2.03. The molecule has 2 aromatic rings. The Morgan fingerprint density at radius 3 is 2.57 bits per heavy atom. The van der Waals surface area contributed by atoms with Gasteiger partial charge in [-0.25, -0.2) is 9.55 Å². The summed E-state index contributed by atoms with van der Waals surface area (Å²) in [5, 5.41) is 0. The molecule has 1 aromatic heterocycles. The van der Waals surface area contributed by atoms with E-state index in [0.29, 0.717) is 11.4 Å². The summed E-state index contributed by atoms with van der Waals surface area (Å²) < 4.78 is 1.77. The number of carbonyl (C=O) groups excluding carboxylic acids is 1. The zero-order valence-corrected chi connectivity index (χ0v) is 7.90. The van der Waals surface area contributed by atoms with Gasteiger partial charge in [-0.05, 0) is 0 Å². The molecule has 0 bridgehead atoms. The minimum Gasteiger partial charge on any atom is -0.280 e. The number of hydrogen-bond donors (Lipinski definition) is 1. The van der Waals surface area contributed by atoms with Gasteiger partial charge in [0.05, 0.1) is 7.05 Å². The number of nitrogens with one attached hydrogen (secondary N) is 1. The quantitative estimate of drug-likeness (QED) is 0.554. The standard InChI is InChI=1S/C11H10N2O/c1-13-8-7-12-11(13)10(14)9-5-3-2-4-6-9/h2-8H,1H3/p+1. The molecule has 0 fully saturated rings. The third-order valence-electron chi connectivity index (χ3n) is 2.12. The third-order valence-corrected chi connectivity index (χ3v) is 2.12. The fourth-order valence-corrected chi connectivity index (χ4v) is 1.36. The van der Waals surface area contributed by atoms with Crippen LogP contribution in [0.15, 0.2) is 42.7 Å². The molecule has 3 heteroatoms. The molecule has 0 atom stereocenters. The van der Waals surface area contributed by atoms with Gasteiger partial charge in [-0.15, -0.1) is 0 Å². The van der Waals surface area contributed by atoms with Gasteiger partial charge in [0, 0.05) is 5.56 Å². The van der Waals surface area contributed by atoms with Gasteiger partial charge in [-0.3, -0.25) is 4.79 Å². The van der Waals surface area contributed by atoms with Crippen molar-refractivity contribution >= 4 is 5.78 Å². The summed E-state index contributed by atoms with van der Waals surface area (Å²) in [7, 11) is 1.84. The molecule has 1 heterocycles. The number of ketones is 1. The molecule has 0 aliphatic rings. The number of aromatic amines is 1. The van der Waals surface area contributed by atoms with Gasteiger partial charge in [0.2, 0.25) is 0 Å². The van der Waals surface area contributed by atoms with Crippen molar-refractivity contribution in [3.63, 3.8) is 0 Å². The summed E-state index contributed by atoms with van der Waals surface area (Å²) in [6.45, 7) is 0. The zero-order chi connectivity index (χ0) is 9.97. The number of rotatable bonds is 2. The van der Waals surface area contributed by atoms with Gasteiger partial charge >= 0.3 is 5.82 Å². The Morgan fingerprint density at radius 2 is 2.00 bits per heavy atom. The molecule has 0 radical (unpaired) electrons. The van der Waals surface area contributed by atoms with Crippen molar-refractivity contribution in [1.82, 2.24) is 4.98 Å². The Morgan fingerprint density at radius 1 is 1.29 bits per heavy atom. The van der Waals surface area contributed by atoms with Gasteiger partial charge in [-0.1, -0.05) is 30.3 Å². The predicted octanol–water partition coefficient (Wildman–Crippen LogP) is 1.07. The molecule has 1 N–H and O–H groups in total. The number of hydrogen-bond acceptors (Lipinski definition) is 1. The molecule has 2 rings (SSSR count). The Labute approximate surface area is 82.0 Å². The highest BCUT2D eigenvalue weighted by Gasteiger charge is 2.18. The fourth-order valence-electron chi connectivity index (χ4n) is 1.36. The van der Waals surface area contributed by atoms with Crippen molar-refractivity contribution in [3.8, 4) is 0 Å². The van der Waals surface area contributed by atoms with Crippen LogP contribution in [0.2, 0.25) is 0 Å². The first-order chi connectivity index (χ1) is 6.79. The minimum atomic E-state index is 0.0121. The van der Waals surface area contributed by atoms with Crippen molar-refractivity contribution in [2.45, 2.75) is 0 Å². The zero-order valence-electron chi connectivity index (χ0n) is 7.90. The van der Waals surface area contributed by atoms with Crippen LogP contribution < -0.4 is 4.57 Å². The third kappa shape index (κ3) is 1.44. The lowest BCUT2D eigenvalue weighted by Gasteiger charge is -1.94. The van der Waals surface area contributed by atoms with Gasteiger partial charge < -0.3 is 0 Å². The van der Waals surface area contributed by atoms with Gasteiger partial charge in [0.1, 0.15) is 12.4 Å². The molecule has 0 aliphatic heterocycles. The molecule has 0 amide bonds. The molecular formula is C11H11N2O+. The number of aryl methyl sites for hydroxylation is 1. The summed E-state index contributed by atoms with van der Waals surface area (Å²) in [6.07, 6.45) is 3.56. The van der Waals surface area contributed by atoms with Crippen LogP contribution in [0.1, 0.15) is 16.2 Å². The maximum atomic E-state index is 11.9. The van der Waals surface area contributed by atoms with Crippen molar-refractivity contribution < 1.29 is 9.36 Å². The van der Waals surface area contributed by atoms with E-state index < -0.39 is 0 Å². The van der Waals surface area contributed by atoms with Crippen LogP contribution in [0.4, 0.5) is 0 Å². The monoisotopic (exact) mass is 187 g/mol. The van der Waals surface area contributed by atoms with E-state index >= 15 is 0 Å². The molecule has 70 valence electrons. The maximum Gasteiger partial charge on any atom is 0.328 e. The maximum absolute atomic E-state index is 11.9. The van der Waals surface area contributed by atoms with E-state index in [-0.39, 0.29) is 5.78 Å². The minimum absolute atomic E-state index is 0.0121. The van der Waals surface area contributed by atoms with Crippen LogP contribution in [0, 0.1) is 0 Å². The average Bonchev–Trinajstić information content (AvgIpc) is 2.65. The molecular weight excluding hydrogens is 176 g/mol. The fraction of sp³-hybridized carbons (Fsp3) is 0.0909. The summed E-state index contributed by atoms with van der Waals surface area (Å²) in [5.41, 5.74) is 0.700. The second-order valence-electron chi connectivity index (χ2n) is 3.11. The van der Waals surface area contributed by atoms with E-state index in [1.54, 1.807) is 10.8 Å². The molecule has 0 aliphatic carbocycles. The first-order valence-corrected chi connectivity index (χ1v) is 4.42. The van der Waals surface area contributed by atoms with E-state index in [1.165, 1.54) is 0 Å². The van der Waals surface area contributed by atoms with Crippen LogP contribution in [-0.2, 0) is 7.05 Å². The first-order valence-electron chi connectivity index (χ1n) is 4.42. The molecule has 1 aromatic carbocycles. The second-order valence-corrected chi connectivity index (χ2v) is 3.11. The Kier molecular flexibility index (Phi) is 2.14. The van der Waals surface area contributed by atoms with Crippen molar-refractivity contribution in [1.29, 1.82) is 0 Å². The second kappa shape index (κ2) is 3.46. The largest absolute Gasteiger partial charge is 0.328 e. The van der Waals surface area contributed by atoms with Gasteiger partial charge in [0.15, 0.2) is 0 Å². The molecule has 0 spiro atoms. The number of imidazole rings is 1. The van der Waals surface area contributed by atoms with Gasteiger partial charge in [-0.2, -0.15) is 0 Å². The summed E-state index contributed by atoms with van der Waals surface area (Å²) >= 11 is 0. The Balaban J connectivity index is 2.39. The summed E-state index contributed by atoms with van der Waals surface area (Å²) in [6, 6.07) is 9.23. The van der Waals surface area contributed by atoms with E-state index in [4.69, 9.17) is 0 Å². The van der Waals surface area contributed by atoms with Crippen LogP contribution in [0.25, 0.3) is 0 Å². The van der Waals surface area contributed by atoms with Crippen molar-refractivity contribution in [3.05, 3.63) is 54.1 Å². The van der Waals surface area contributed by atoms with Crippen LogP contribution >= 0.6 is 0 Å². The number of aromatic nitrogens is 2. The number of nitrogens with zero attached hydrogens (tertiary/aromatic N) is 1. The first kappa shape index (κ1) is 8.69. The van der Waals surface area contributed by atoms with Crippen LogP contribution in [0.5, 0.6) is 0 Å². The van der Waals surface area contributed by atoms with Gasteiger partial charge in [0.25, 0.3) is 5.78 Å². The molecule has 3 nitrogen and oxygen atoms in total. The van der Waals surface area contributed by atoms with E-state index in [1.807, 2.05) is 43.6 Å². The molecule has 0 saturated heterocycles. The summed E-state index contributed by atoms with van der Waals surface area (Å²) in [4.78, 5) is 14.8. The van der Waals surface area contributed by atoms with E-state index in [0.717, 1.165) is 0 Å². The van der Waals surface area contributed by atoms with Crippen molar-refractivity contribution in [2.75, 3.05) is 0 Å². The Bertz CT molecular complexity index is 445. The highest BCUT2D eigenvalue weighted by atomic mass is 16.1. The lowest BCUT2D eigenvalue weighted by Crippen LogP contribution is -2.33. The highest BCUT2D eigenvalue weighted by molar-refractivity contribution is 6.05. The molecule has 0 saturated carbocycles. The lowest BCUT2D eigenvalue weighted by molar-refractivity contribution is -0.671. The normalized spacial score (nSPS) is 10.1. The SMILES string of the molecule is C[n+]1cc[nH]c1C(=O)c1ccccc1. The van der Waals surface area contributed by atoms with Crippen molar-refractivity contribution in [2.24, 2.45) is 7.05 Å². The predicted molar refractivity (Wildman–Crippen MR) is 51.8 cm³/mol. The number of H-pyrrole nitrogens is 1. The summed E-state index contributed by atoms with van der Waals surface area (Å²) in [5.74, 6) is 0.606. The number of benzene rings is 1. The van der Waals surface area contributed by atoms with E-state index in [9.17, 15) is 4.79 Å². The number of carbonyl (C=O) groups is 1. The topological polar surface area (TPSA) is 36.7 Å². The van der Waals surface area contributed by atoms with Crippen LogP contribution in [-0.4, -0.2) is 10.8 Å². The smallest absolute Gasteiger partial charge is 0.280 e. The average molecular weight is 187 g/mol.